The van der Waals surface area contributed by atoms with Gasteiger partial charge in [0.25, 0.3) is 0 Å². The van der Waals surface area contributed by atoms with E-state index < -0.39 is 5.41 Å². The van der Waals surface area contributed by atoms with E-state index in [1.165, 1.54) is 55.6 Å². The molecule has 0 aromatic heterocycles. The molecule has 0 aliphatic heterocycles. The van der Waals surface area contributed by atoms with Crippen LogP contribution >= 0.6 is 0 Å². The molecule has 0 bridgehead atoms. The molecule has 4 aromatic carbocycles. The highest BCUT2D eigenvalue weighted by molar-refractivity contribution is 5.96. The minimum Gasteiger partial charge on any atom is -0.489 e. The van der Waals surface area contributed by atoms with Gasteiger partial charge in [-0.2, -0.15) is 0 Å². The summed E-state index contributed by atoms with van der Waals surface area (Å²) in [5.41, 5.74) is 11.9. The molecule has 0 fully saturated rings. The summed E-state index contributed by atoms with van der Waals surface area (Å²) >= 11 is 0. The maximum atomic E-state index is 6.73. The molecular weight excluding hydrogens is 629 g/mol. The van der Waals surface area contributed by atoms with Crippen LogP contribution in [0, 0.1) is 37.5 Å². The summed E-state index contributed by atoms with van der Waals surface area (Å²) < 4.78 is 26.8. The van der Waals surface area contributed by atoms with Gasteiger partial charge < -0.3 is 18.9 Å². The van der Waals surface area contributed by atoms with Gasteiger partial charge in [-0.15, -0.1) is 0 Å². The monoisotopic (exact) mass is 688 g/mol. The van der Waals surface area contributed by atoms with Gasteiger partial charge in [-0.25, -0.2) is 0 Å². The van der Waals surface area contributed by atoms with Crippen LogP contribution < -0.4 is 18.9 Å². The van der Waals surface area contributed by atoms with E-state index in [2.05, 4.69) is 130 Å². The number of aryl methyl sites for hydroxylation is 2. The van der Waals surface area contributed by atoms with Gasteiger partial charge in [0.2, 0.25) is 0 Å². The molecular formula is C47H60O4. The maximum Gasteiger partial charge on any atom is 0.161 e. The van der Waals surface area contributed by atoms with Gasteiger partial charge in [0, 0.05) is 0 Å². The summed E-state index contributed by atoms with van der Waals surface area (Å²) in [7, 11) is 0. The molecule has 0 saturated heterocycles. The predicted molar refractivity (Wildman–Crippen MR) is 212 cm³/mol. The highest BCUT2D eigenvalue weighted by Gasteiger charge is 2.53. The molecule has 4 nitrogen and oxygen atoms in total. The van der Waals surface area contributed by atoms with Gasteiger partial charge in [0.15, 0.2) is 23.0 Å². The Kier molecular flexibility index (Phi) is 11.1. The van der Waals surface area contributed by atoms with Crippen molar-refractivity contribution >= 4 is 0 Å². The van der Waals surface area contributed by atoms with Gasteiger partial charge in [-0.05, 0) is 106 Å². The number of fused-ring (bicyclic) bond motifs is 10. The third-order valence-corrected chi connectivity index (χ3v) is 11.6. The van der Waals surface area contributed by atoms with Crippen molar-refractivity contribution < 1.29 is 18.9 Å². The zero-order valence-electron chi connectivity index (χ0n) is 32.9. The Bertz CT molecular complexity index is 1720. The summed E-state index contributed by atoms with van der Waals surface area (Å²) in [5, 5.41) is 0. The molecule has 1 spiro atoms. The lowest BCUT2D eigenvalue weighted by atomic mass is 9.70. The first-order valence-corrected chi connectivity index (χ1v) is 19.7. The molecule has 4 unspecified atom stereocenters. The minimum absolute atomic E-state index is 0.431. The molecule has 6 rings (SSSR count). The summed E-state index contributed by atoms with van der Waals surface area (Å²) in [4.78, 5) is 0. The van der Waals surface area contributed by atoms with Crippen molar-refractivity contribution in [2.24, 2.45) is 23.7 Å². The summed E-state index contributed by atoms with van der Waals surface area (Å²) in [6.45, 7) is 24.9. The Morgan fingerprint density at radius 2 is 0.706 bits per heavy atom. The van der Waals surface area contributed by atoms with Crippen molar-refractivity contribution in [1.29, 1.82) is 0 Å². The van der Waals surface area contributed by atoms with E-state index in [9.17, 15) is 0 Å². The van der Waals surface area contributed by atoms with Gasteiger partial charge in [-0.3, -0.25) is 0 Å². The van der Waals surface area contributed by atoms with Crippen LogP contribution in [0.5, 0.6) is 23.0 Å². The third kappa shape index (κ3) is 6.88. The number of benzene rings is 4. The maximum absolute atomic E-state index is 6.73. The first kappa shape index (κ1) is 36.9. The Labute approximate surface area is 307 Å². The summed E-state index contributed by atoms with van der Waals surface area (Å²) in [5.74, 6) is 5.00. The lowest BCUT2D eigenvalue weighted by molar-refractivity contribution is 0.217. The van der Waals surface area contributed by atoms with Crippen LogP contribution in [0.3, 0.4) is 0 Å². The Balaban J connectivity index is 1.67. The normalized spacial score (nSPS) is 15.7. The van der Waals surface area contributed by atoms with E-state index in [1.54, 1.807) is 0 Å². The number of hydrogen-bond acceptors (Lipinski definition) is 4. The fourth-order valence-corrected chi connectivity index (χ4v) is 7.31. The lowest BCUT2D eigenvalue weighted by Gasteiger charge is -2.32. The predicted octanol–water partition coefficient (Wildman–Crippen LogP) is 12.3. The average Bonchev–Trinajstić information content (AvgIpc) is 3.57. The van der Waals surface area contributed by atoms with Crippen LogP contribution in [0.15, 0.2) is 60.7 Å². The van der Waals surface area contributed by atoms with Gasteiger partial charge in [-0.1, -0.05) is 129 Å². The zero-order chi connectivity index (χ0) is 36.4. The van der Waals surface area contributed by atoms with Gasteiger partial charge >= 0.3 is 0 Å². The van der Waals surface area contributed by atoms with Crippen LogP contribution in [0.1, 0.15) is 114 Å². The molecule has 51 heavy (non-hydrogen) atoms. The molecule has 4 heteroatoms. The number of ether oxygens (including phenoxy) is 4. The molecule has 0 amide bonds. The second kappa shape index (κ2) is 15.4. The van der Waals surface area contributed by atoms with Crippen LogP contribution in [-0.4, -0.2) is 26.4 Å². The second-order valence-electron chi connectivity index (χ2n) is 15.8. The molecule has 4 aromatic rings. The number of hydrogen-bond donors (Lipinski definition) is 0. The molecule has 2 aliphatic carbocycles. The zero-order valence-corrected chi connectivity index (χ0v) is 32.9. The highest BCUT2D eigenvalue weighted by Crippen LogP contribution is 2.65. The van der Waals surface area contributed by atoms with Crippen LogP contribution in [0.2, 0.25) is 0 Å². The fourth-order valence-electron chi connectivity index (χ4n) is 7.31. The van der Waals surface area contributed by atoms with Crippen molar-refractivity contribution in [1.82, 2.24) is 0 Å². The molecule has 0 N–H and O–H groups in total. The minimum atomic E-state index is -0.555. The van der Waals surface area contributed by atoms with E-state index in [0.29, 0.717) is 50.1 Å². The standard InChI is InChI=1S/C47H60O4/c1-11-29(5)25-48-43-21-37-38-22-44(49-26-30(6)12-2)46(51-28-32(8)14-4)24-42(38)47(41(37)23-45(43)50-27-31(7)13-3)39-19-33(9)15-17-35(39)36-18-16-34(10)20-40(36)47/h15-24,29-32H,11-14,25-28H2,1-10H3. The number of rotatable bonds is 16. The van der Waals surface area contributed by atoms with Crippen molar-refractivity contribution in [3.8, 4) is 45.3 Å². The average molecular weight is 689 g/mol. The smallest absolute Gasteiger partial charge is 0.161 e. The largest absolute Gasteiger partial charge is 0.489 e. The van der Waals surface area contributed by atoms with Crippen molar-refractivity contribution in [2.75, 3.05) is 26.4 Å². The van der Waals surface area contributed by atoms with Crippen molar-refractivity contribution in [2.45, 2.75) is 100 Å². The third-order valence-electron chi connectivity index (χ3n) is 11.6. The molecule has 4 atom stereocenters. The molecule has 0 saturated carbocycles. The Morgan fingerprint density at radius 1 is 0.412 bits per heavy atom. The first-order chi connectivity index (χ1) is 24.5. The summed E-state index contributed by atoms with van der Waals surface area (Å²) in [6, 6.07) is 23.1. The van der Waals surface area contributed by atoms with Gasteiger partial charge in [0.1, 0.15) is 0 Å². The first-order valence-electron chi connectivity index (χ1n) is 19.7. The van der Waals surface area contributed by atoms with Crippen molar-refractivity contribution in [3.63, 3.8) is 0 Å². The fraction of sp³-hybridized carbons (Fsp3) is 0.489. The van der Waals surface area contributed by atoms with Gasteiger partial charge in [0.05, 0.1) is 31.8 Å². The van der Waals surface area contributed by atoms with E-state index in [1.807, 2.05) is 0 Å². The van der Waals surface area contributed by atoms with Crippen LogP contribution in [-0.2, 0) is 5.41 Å². The topological polar surface area (TPSA) is 36.9 Å². The summed E-state index contributed by atoms with van der Waals surface area (Å²) in [6.07, 6.45) is 4.23. The molecule has 2 aliphatic rings. The molecule has 0 radical (unpaired) electrons. The van der Waals surface area contributed by atoms with E-state index in [4.69, 9.17) is 18.9 Å². The molecule has 272 valence electrons. The van der Waals surface area contributed by atoms with E-state index in [0.717, 1.165) is 48.7 Å². The highest BCUT2D eigenvalue weighted by atomic mass is 16.5. The Hall–Kier alpha value is -3.92. The Morgan fingerprint density at radius 3 is 1.02 bits per heavy atom. The SMILES string of the molecule is CCC(C)COc1cc2c(cc1OCC(C)CC)C1(c3cc(C)ccc3-c3ccc(C)cc31)c1cc(OCC(C)CC)c(OCC(C)CC)cc1-2. The second-order valence-corrected chi connectivity index (χ2v) is 15.8. The van der Waals surface area contributed by atoms with E-state index >= 15 is 0 Å². The quantitative estimate of drug-likeness (QED) is 0.101. The van der Waals surface area contributed by atoms with Crippen molar-refractivity contribution in [3.05, 3.63) is 94.0 Å². The van der Waals surface area contributed by atoms with E-state index in [-0.39, 0.29) is 0 Å². The molecule has 0 heterocycles. The lowest BCUT2D eigenvalue weighted by Crippen LogP contribution is -2.26. The van der Waals surface area contributed by atoms with Crippen LogP contribution in [0.25, 0.3) is 22.3 Å². The van der Waals surface area contributed by atoms with Crippen LogP contribution in [0.4, 0.5) is 0 Å².